The molecule has 0 saturated carbocycles. The van der Waals surface area contributed by atoms with E-state index in [0.717, 1.165) is 23.6 Å². The van der Waals surface area contributed by atoms with Crippen LogP contribution < -0.4 is 20.5 Å². The molecular formula is C16H19N3O2. The van der Waals surface area contributed by atoms with Gasteiger partial charge in [-0.25, -0.2) is 0 Å². The summed E-state index contributed by atoms with van der Waals surface area (Å²) < 4.78 is 11.1. The summed E-state index contributed by atoms with van der Waals surface area (Å²) in [4.78, 5) is 4.42. The summed E-state index contributed by atoms with van der Waals surface area (Å²) >= 11 is 0. The maximum Gasteiger partial charge on any atom is 0.163 e. The quantitative estimate of drug-likeness (QED) is 0.845. The first-order valence-corrected chi connectivity index (χ1v) is 7.13. The first kappa shape index (κ1) is 13.5. The molecule has 0 aliphatic carbocycles. The second-order valence-electron chi connectivity index (χ2n) is 4.90. The smallest absolute Gasteiger partial charge is 0.163 e. The van der Waals surface area contributed by atoms with E-state index in [0.29, 0.717) is 31.2 Å². The third-order valence-corrected chi connectivity index (χ3v) is 3.53. The van der Waals surface area contributed by atoms with Gasteiger partial charge < -0.3 is 20.5 Å². The predicted octanol–water partition coefficient (Wildman–Crippen LogP) is 2.61. The van der Waals surface area contributed by atoms with E-state index in [-0.39, 0.29) is 0 Å². The molecule has 1 aromatic carbocycles. The molecule has 0 amide bonds. The number of pyridine rings is 1. The zero-order chi connectivity index (χ0) is 14.7. The lowest BCUT2D eigenvalue weighted by Gasteiger charge is -2.20. The fraction of sp³-hybridized carbons (Fsp3) is 0.312. The van der Waals surface area contributed by atoms with Gasteiger partial charge in [0.25, 0.3) is 0 Å². The Morgan fingerprint density at radius 1 is 1.24 bits per heavy atom. The van der Waals surface area contributed by atoms with E-state index in [9.17, 15) is 0 Å². The van der Waals surface area contributed by atoms with Gasteiger partial charge in [-0.15, -0.1) is 0 Å². The number of aryl methyl sites for hydroxylation is 1. The molecule has 0 atom stereocenters. The zero-order valence-corrected chi connectivity index (χ0v) is 12.1. The second-order valence-corrected chi connectivity index (χ2v) is 4.90. The number of aromatic nitrogens is 1. The minimum Gasteiger partial charge on any atom is -0.486 e. The minimum atomic E-state index is 0.563. The normalized spacial score (nSPS) is 13.0. The Labute approximate surface area is 124 Å². The number of anilines is 2. The molecule has 2 heterocycles. The molecular weight excluding hydrogens is 266 g/mol. The van der Waals surface area contributed by atoms with Crippen LogP contribution in [-0.2, 0) is 13.0 Å². The molecule has 3 rings (SSSR count). The molecule has 1 aromatic heterocycles. The van der Waals surface area contributed by atoms with Crippen molar-refractivity contribution in [3.05, 3.63) is 41.7 Å². The molecule has 5 nitrogen and oxygen atoms in total. The molecule has 0 saturated heterocycles. The monoisotopic (exact) mass is 285 g/mol. The first-order chi connectivity index (χ1) is 10.3. The molecule has 3 N–H and O–H groups in total. The van der Waals surface area contributed by atoms with Crippen molar-refractivity contribution in [2.24, 2.45) is 0 Å². The minimum absolute atomic E-state index is 0.563. The van der Waals surface area contributed by atoms with Gasteiger partial charge in [0.1, 0.15) is 13.2 Å². The zero-order valence-electron chi connectivity index (χ0n) is 12.1. The molecule has 110 valence electrons. The lowest BCUT2D eigenvalue weighted by atomic mass is 10.1. The highest BCUT2D eigenvalue weighted by molar-refractivity contribution is 5.72. The van der Waals surface area contributed by atoms with Crippen LogP contribution in [-0.4, -0.2) is 18.2 Å². The average Bonchev–Trinajstić information content (AvgIpc) is 2.53. The number of hydrogen-bond donors (Lipinski definition) is 2. The molecule has 1 aliphatic rings. The number of benzene rings is 1. The van der Waals surface area contributed by atoms with Gasteiger partial charge >= 0.3 is 0 Å². The number of nitrogens with one attached hydrogen (secondary N) is 1. The SMILES string of the molecule is CCc1cccnc1CNc1cc2c(cc1N)OCCO2. The van der Waals surface area contributed by atoms with Gasteiger partial charge in [-0.2, -0.15) is 0 Å². The predicted molar refractivity (Wildman–Crippen MR) is 82.8 cm³/mol. The highest BCUT2D eigenvalue weighted by Gasteiger charge is 2.14. The van der Waals surface area contributed by atoms with Crippen molar-refractivity contribution in [2.45, 2.75) is 19.9 Å². The number of fused-ring (bicyclic) bond motifs is 1. The second kappa shape index (κ2) is 5.91. The third-order valence-electron chi connectivity index (χ3n) is 3.53. The van der Waals surface area contributed by atoms with Crippen LogP contribution in [0.1, 0.15) is 18.2 Å². The fourth-order valence-corrected chi connectivity index (χ4v) is 2.39. The van der Waals surface area contributed by atoms with Crippen molar-refractivity contribution >= 4 is 11.4 Å². The first-order valence-electron chi connectivity index (χ1n) is 7.13. The van der Waals surface area contributed by atoms with Gasteiger partial charge in [0.2, 0.25) is 0 Å². The molecule has 0 radical (unpaired) electrons. The Morgan fingerprint density at radius 3 is 2.76 bits per heavy atom. The van der Waals surface area contributed by atoms with Gasteiger partial charge in [0.05, 0.1) is 23.6 Å². The van der Waals surface area contributed by atoms with E-state index in [1.54, 1.807) is 6.07 Å². The van der Waals surface area contributed by atoms with E-state index in [1.165, 1.54) is 5.56 Å². The lowest BCUT2D eigenvalue weighted by molar-refractivity contribution is 0.172. The van der Waals surface area contributed by atoms with E-state index in [4.69, 9.17) is 15.2 Å². The number of nitrogens with two attached hydrogens (primary N) is 1. The average molecular weight is 285 g/mol. The van der Waals surface area contributed by atoms with Crippen LogP contribution in [0, 0.1) is 0 Å². The van der Waals surface area contributed by atoms with Crippen LogP contribution in [0.3, 0.4) is 0 Å². The summed E-state index contributed by atoms with van der Waals surface area (Å²) in [5.74, 6) is 1.44. The maximum atomic E-state index is 6.06. The van der Waals surface area contributed by atoms with Crippen LogP contribution in [0.15, 0.2) is 30.5 Å². The van der Waals surface area contributed by atoms with Gasteiger partial charge in [0, 0.05) is 18.3 Å². The van der Waals surface area contributed by atoms with Crippen molar-refractivity contribution < 1.29 is 9.47 Å². The summed E-state index contributed by atoms with van der Waals surface area (Å²) in [6.45, 7) is 3.89. The number of nitrogens with zero attached hydrogens (tertiary/aromatic N) is 1. The highest BCUT2D eigenvalue weighted by Crippen LogP contribution is 2.37. The summed E-state index contributed by atoms with van der Waals surface area (Å²) in [5.41, 5.74) is 9.82. The lowest BCUT2D eigenvalue weighted by Crippen LogP contribution is -2.16. The van der Waals surface area contributed by atoms with Crippen molar-refractivity contribution in [2.75, 3.05) is 24.3 Å². The van der Waals surface area contributed by atoms with Crippen molar-refractivity contribution in [1.82, 2.24) is 4.98 Å². The van der Waals surface area contributed by atoms with Gasteiger partial charge in [-0.3, -0.25) is 4.98 Å². The molecule has 2 aromatic rings. The maximum absolute atomic E-state index is 6.06. The Morgan fingerprint density at radius 2 is 2.00 bits per heavy atom. The Kier molecular flexibility index (Phi) is 3.81. The van der Waals surface area contributed by atoms with Crippen LogP contribution in [0.5, 0.6) is 11.5 Å². The molecule has 21 heavy (non-hydrogen) atoms. The molecule has 1 aliphatic heterocycles. The van der Waals surface area contributed by atoms with Crippen molar-refractivity contribution in [3.63, 3.8) is 0 Å². The topological polar surface area (TPSA) is 69.4 Å². The molecule has 5 heteroatoms. The van der Waals surface area contributed by atoms with Crippen LogP contribution in [0.25, 0.3) is 0 Å². The number of nitrogen functional groups attached to an aromatic ring is 1. The van der Waals surface area contributed by atoms with Gasteiger partial charge in [-0.05, 0) is 18.1 Å². The van der Waals surface area contributed by atoms with Crippen LogP contribution in [0.2, 0.25) is 0 Å². The summed E-state index contributed by atoms with van der Waals surface area (Å²) in [5, 5.41) is 3.33. The molecule has 0 fully saturated rings. The largest absolute Gasteiger partial charge is 0.486 e. The van der Waals surface area contributed by atoms with Crippen molar-refractivity contribution in [3.8, 4) is 11.5 Å². The Balaban J connectivity index is 1.79. The number of hydrogen-bond acceptors (Lipinski definition) is 5. The Bertz CT molecular complexity index is 643. The highest BCUT2D eigenvalue weighted by atomic mass is 16.6. The molecule has 0 bridgehead atoms. The molecule has 0 unspecified atom stereocenters. The number of ether oxygens (including phenoxy) is 2. The Hall–Kier alpha value is -2.43. The summed E-state index contributed by atoms with van der Waals surface area (Å²) in [6, 6.07) is 7.74. The van der Waals surface area contributed by atoms with Gasteiger partial charge in [-0.1, -0.05) is 13.0 Å². The van der Waals surface area contributed by atoms with Crippen LogP contribution in [0.4, 0.5) is 11.4 Å². The number of rotatable bonds is 4. The van der Waals surface area contributed by atoms with E-state index in [2.05, 4.69) is 23.3 Å². The fourth-order valence-electron chi connectivity index (χ4n) is 2.39. The van der Waals surface area contributed by atoms with Gasteiger partial charge in [0.15, 0.2) is 11.5 Å². The van der Waals surface area contributed by atoms with E-state index in [1.807, 2.05) is 18.3 Å². The van der Waals surface area contributed by atoms with E-state index >= 15 is 0 Å². The standard InChI is InChI=1S/C16H19N3O2/c1-2-11-4-3-5-18-14(11)10-19-13-9-16-15(8-12(13)17)20-6-7-21-16/h3-5,8-9,19H,2,6-7,10,17H2,1H3. The van der Waals surface area contributed by atoms with E-state index < -0.39 is 0 Å². The molecule has 0 spiro atoms. The van der Waals surface area contributed by atoms with Crippen LogP contribution >= 0.6 is 0 Å². The van der Waals surface area contributed by atoms with Crippen molar-refractivity contribution in [1.29, 1.82) is 0 Å². The summed E-state index contributed by atoms with van der Waals surface area (Å²) in [7, 11) is 0. The summed E-state index contributed by atoms with van der Waals surface area (Å²) in [6.07, 6.45) is 2.77. The third kappa shape index (κ3) is 2.86.